The smallest absolute Gasteiger partial charge is 0.412 e. The first kappa shape index (κ1) is 95.9. The quantitative estimate of drug-likeness (QED) is 0.00814. The molecule has 0 saturated heterocycles. The molecule has 16 aromatic rings. The Labute approximate surface area is 739 Å². The molecule has 0 spiro atoms. The Morgan fingerprint density at radius 1 is 0.453 bits per heavy atom. The molecule has 51 heteroatoms. The number of carbonyl (C=O) groups excluding carboxylic acids is 2. The van der Waals surface area contributed by atoms with Gasteiger partial charge in [-0.25, -0.2) is 64.6 Å². The van der Waals surface area contributed by atoms with Crippen molar-refractivity contribution in [2.75, 3.05) is 56.9 Å². The van der Waals surface area contributed by atoms with Gasteiger partial charge in [0, 0.05) is 82.0 Å². The van der Waals surface area contributed by atoms with E-state index in [2.05, 4.69) is 95.4 Å². The molecule has 12 aromatic heterocycles. The summed E-state index contributed by atoms with van der Waals surface area (Å²) in [7, 11) is 0. The summed E-state index contributed by atoms with van der Waals surface area (Å²) in [5.74, 6) is -6.01. The second-order valence-electron chi connectivity index (χ2n) is 26.6. The summed E-state index contributed by atoms with van der Waals surface area (Å²) < 4.78 is 123. The molecule has 20 N–H and O–H groups in total. The average Bonchev–Trinajstić information content (AvgIpc) is 1.62. The number of fused-ring (bicyclic) bond motifs is 4. The van der Waals surface area contributed by atoms with Gasteiger partial charge < -0.3 is 68.5 Å². The van der Waals surface area contributed by atoms with Crippen molar-refractivity contribution in [3.63, 3.8) is 0 Å². The Morgan fingerprint density at radius 2 is 0.758 bits per heavy atom. The van der Waals surface area contributed by atoms with Crippen molar-refractivity contribution in [3.8, 4) is 17.8 Å². The summed E-state index contributed by atoms with van der Waals surface area (Å²) in [6, 6.07) is 30.0. The van der Waals surface area contributed by atoms with E-state index < -0.39 is 79.3 Å². The third-order valence-electron chi connectivity index (χ3n) is 17.0. The van der Waals surface area contributed by atoms with Crippen molar-refractivity contribution in [2.45, 2.75) is 65.6 Å². The van der Waals surface area contributed by atoms with E-state index in [9.17, 15) is 64.9 Å². The van der Waals surface area contributed by atoms with Crippen LogP contribution in [0.4, 0.5) is 114 Å². The van der Waals surface area contributed by atoms with Crippen LogP contribution in [0.3, 0.4) is 0 Å². The molecule has 4 aromatic carbocycles. The van der Waals surface area contributed by atoms with Crippen LogP contribution in [0.5, 0.6) is 0 Å². The predicted molar refractivity (Wildman–Crippen MR) is 453 cm³/mol. The Hall–Kier alpha value is -15.9. The Morgan fingerprint density at radius 3 is 1.08 bits per heavy atom. The molecule has 0 aliphatic rings. The van der Waals surface area contributed by atoms with Crippen LogP contribution in [0.15, 0.2) is 146 Å². The summed E-state index contributed by atoms with van der Waals surface area (Å²) in [5, 5.41) is 43.3. The van der Waals surface area contributed by atoms with E-state index >= 15 is 0 Å². The van der Waals surface area contributed by atoms with Crippen LogP contribution >= 0.6 is 23.2 Å². The molecule has 128 heavy (non-hydrogen) atoms. The van der Waals surface area contributed by atoms with E-state index in [1.54, 1.807) is 100 Å². The summed E-state index contributed by atoms with van der Waals surface area (Å²) in [4.78, 5) is 88.5. The van der Waals surface area contributed by atoms with Crippen LogP contribution in [0.25, 0.3) is 62.0 Å². The van der Waals surface area contributed by atoms with Gasteiger partial charge in [0.15, 0.2) is 23.3 Å². The molecule has 16 rings (SSSR count). The number of hydrogen-bond acceptors (Lipinski definition) is 33. The molecule has 666 valence electrons. The fourth-order valence-corrected chi connectivity index (χ4v) is 11.9. The average molecular weight is 1900 g/mol. The van der Waals surface area contributed by atoms with E-state index in [4.69, 9.17) is 79.5 Å². The normalized spacial score (nSPS) is 10.7. The van der Waals surface area contributed by atoms with E-state index in [1.807, 2.05) is 0 Å². The first-order valence-electron chi connectivity index (χ1n) is 36.2. The zero-order valence-electron chi connectivity index (χ0n) is 66.8. The van der Waals surface area contributed by atoms with Crippen molar-refractivity contribution in [1.82, 2.24) is 99.3 Å². The monoisotopic (exact) mass is 1900 g/mol. The topological polar surface area (TPSA) is 622 Å². The maximum absolute atomic E-state index is 14.2. The maximum atomic E-state index is 14.2. The first-order valence-corrected chi connectivity index (χ1v) is 36.9. The summed E-state index contributed by atoms with van der Waals surface area (Å²) >= 11 is 10.1. The van der Waals surface area contributed by atoms with Crippen LogP contribution in [0, 0.1) is 74.2 Å². The van der Waals surface area contributed by atoms with Gasteiger partial charge in [-0.1, -0.05) is 72.8 Å². The molecule has 0 fully saturated rings. The zero-order chi connectivity index (χ0) is 91.2. The molecular formula is C77H69Cl2F8N32O8Pd-. The van der Waals surface area contributed by atoms with Gasteiger partial charge >= 0.3 is 22.9 Å². The van der Waals surface area contributed by atoms with Crippen LogP contribution in [-0.2, 0) is 55.6 Å². The SMILES string of the molecule is CC(C)OC(=O)Cl.CC(C)OC(=O)Nc1c(N)nc(-n2nc(Cc3ccccc3F)c3ncc(F)cc32)nc1N.Fc1cnc2c(Cc3ccccc3F)[nH]nc2c1.Nc1nc(-n2nc(Cc3ccccc3F)c3ncc(F)cc32)nc(N)c1N.Nc1nc(-n2nc(Cc3ccccc3F)c3ncc(F)cc32)nc(N)c1[N+](=O)[O-].Nc1nc(Cl)nc(N)c1[N+](=O)[O-].[CH3-].[Pd]. The number of ether oxygens (including phenoxy) is 2. The number of aromatic amines is 1. The predicted octanol–water partition coefficient (Wildman–Crippen LogP) is 12.4. The van der Waals surface area contributed by atoms with Gasteiger partial charge in [-0.15, -0.1) is 0 Å². The Balaban J connectivity index is 0.000000181. The standard InChI is InChI=1S/C21H20F2N8O2.C17H12F2N8O2.C17H14F2N8.C13H9F2N3.C4H4ClN5O2.C4H7ClO2.CH3.Pd/c1-10(2)33-21(32)27-17-18(24)28-20(29-19(17)25)31-15-8-12(22)9-26-16(15)14(30-31)7-11-5-3-4-6-13(11)23;18-9-6-12-13(22-7-9)11(5-8-3-1-2-4-10(8)19)25-26(12)17-23-15(20)14(27(28)29)16(21)24-17;18-9-6-12-14(23-7-9)11(5-8-3-1-2-4-10(8)19)26-27(12)17-24-15(21)13(20)16(22)25-17;14-9-6-12-13(16-7-9)11(17-18-12)5-8-3-1-2-4-10(8)15;5-4-8-2(6)1(10(11)12)3(7)9-4;1-3(2)7-4(5)6;;/h3-6,8-10H,7H2,1-2H3,(H,27,32)(H4,24,25,28,29);1-4,6-7H,5H2,(H4,20,21,23,24);1-4,6-7H,5,20H2,(H4,21,22,24,25);1-4,6-7H,5H2,(H,17,18);(H4,6,7,8,9);3H,1-2H3;1H3;/q;;;;;;-1;. The molecule has 0 bridgehead atoms. The first-order chi connectivity index (χ1) is 59.9. The number of nitro groups is 2. The summed E-state index contributed by atoms with van der Waals surface area (Å²) in [5.41, 5.74) is 55.1. The van der Waals surface area contributed by atoms with Gasteiger partial charge in [-0.05, 0) is 85.8 Å². The van der Waals surface area contributed by atoms with E-state index in [0.29, 0.717) is 79.0 Å². The maximum Gasteiger partial charge on any atom is 0.412 e. The number of aromatic nitrogens is 20. The minimum atomic E-state index is -0.805. The van der Waals surface area contributed by atoms with Gasteiger partial charge in [-0.2, -0.15) is 74.3 Å². The number of rotatable bonds is 16. The number of pyridine rings is 4. The number of nitrogens with one attached hydrogen (secondary N) is 2. The molecule has 1 amide bonds. The molecule has 0 aliphatic carbocycles. The molecule has 12 heterocycles. The van der Waals surface area contributed by atoms with Gasteiger partial charge in [0.1, 0.15) is 85.5 Å². The number of nitrogens with zero attached hydrogens (tertiary/aromatic N) is 21. The number of nitrogens with two attached hydrogens (primary N) is 9. The number of benzene rings is 4. The van der Waals surface area contributed by atoms with Crippen molar-refractivity contribution in [1.29, 1.82) is 0 Å². The van der Waals surface area contributed by atoms with Crippen LogP contribution in [-0.4, -0.2) is 133 Å². The molecule has 0 radical (unpaired) electrons. The number of anilines is 10. The van der Waals surface area contributed by atoms with Crippen LogP contribution in [0.2, 0.25) is 5.28 Å². The molecule has 0 unspecified atom stereocenters. The number of halogens is 10. The number of amides is 1. The third-order valence-corrected chi connectivity index (χ3v) is 17.2. The molecular weight excluding hydrogens is 1830 g/mol. The van der Waals surface area contributed by atoms with Crippen LogP contribution < -0.4 is 56.9 Å². The largest absolute Gasteiger partial charge is 0.451 e. The van der Waals surface area contributed by atoms with Crippen molar-refractivity contribution in [2.24, 2.45) is 0 Å². The van der Waals surface area contributed by atoms with E-state index in [1.165, 1.54) is 51.8 Å². The fourth-order valence-electron chi connectivity index (χ4n) is 11.5. The minimum absolute atomic E-state index is 0. The summed E-state index contributed by atoms with van der Waals surface area (Å²) in [6.45, 7) is 6.84. The minimum Gasteiger partial charge on any atom is -0.451 e. The van der Waals surface area contributed by atoms with E-state index in [-0.39, 0.29) is 157 Å². The molecule has 0 atom stereocenters. The number of carbonyl (C=O) groups is 2. The third kappa shape index (κ3) is 23.3. The summed E-state index contributed by atoms with van der Waals surface area (Å²) in [6.07, 6.45) is 3.64. The van der Waals surface area contributed by atoms with Gasteiger partial charge in [0.25, 0.3) is 17.8 Å². The Bertz CT molecular complexity index is 6730. The van der Waals surface area contributed by atoms with Crippen LogP contribution in [0.1, 0.15) is 72.7 Å². The van der Waals surface area contributed by atoms with Crippen molar-refractivity contribution >= 4 is 148 Å². The van der Waals surface area contributed by atoms with Crippen molar-refractivity contribution < 1.29 is 84.5 Å². The molecule has 0 saturated carbocycles. The molecule has 0 aliphatic heterocycles. The van der Waals surface area contributed by atoms with Crippen molar-refractivity contribution in [3.05, 3.63) is 271 Å². The van der Waals surface area contributed by atoms with Gasteiger partial charge in [-0.3, -0.25) is 30.6 Å². The number of hydrogen-bond donors (Lipinski definition) is 11. The van der Waals surface area contributed by atoms with E-state index in [0.717, 1.165) is 35.5 Å². The fraction of sp³-hybridized carbons (Fsp3) is 0.130. The Kier molecular flexibility index (Phi) is 31.5. The van der Waals surface area contributed by atoms with Gasteiger partial charge in [0.2, 0.25) is 28.6 Å². The second kappa shape index (κ2) is 42.0. The molecule has 40 nitrogen and oxygen atoms in total. The second-order valence-corrected chi connectivity index (χ2v) is 27.2. The number of nitrogen functional groups attached to an aromatic ring is 9. The van der Waals surface area contributed by atoms with Gasteiger partial charge in [0.05, 0.1) is 86.2 Å². The zero-order valence-corrected chi connectivity index (χ0v) is 69.9. The number of H-pyrrole nitrogens is 1.